The van der Waals surface area contributed by atoms with Crippen LogP contribution in [0, 0.1) is 5.41 Å². The summed E-state index contributed by atoms with van der Waals surface area (Å²) in [5.41, 5.74) is 4.91. The number of oxime groups is 1. The molecule has 0 unspecified atom stereocenters. The van der Waals surface area contributed by atoms with Crippen LogP contribution >= 0.6 is 0 Å². The first-order valence-corrected chi connectivity index (χ1v) is 6.91. The Bertz CT molecular complexity index is 463. The summed E-state index contributed by atoms with van der Waals surface area (Å²) in [7, 11) is 0. The van der Waals surface area contributed by atoms with Gasteiger partial charge in [-0.2, -0.15) is 0 Å². The lowest BCUT2D eigenvalue weighted by atomic mass is 9.84. The Balaban J connectivity index is 1.83. The number of carbonyl (C=O) groups is 1. The summed E-state index contributed by atoms with van der Waals surface area (Å²) in [6.45, 7) is 1.37. The maximum absolute atomic E-state index is 12.3. The first kappa shape index (κ1) is 14.4. The van der Waals surface area contributed by atoms with Crippen molar-refractivity contribution in [3.05, 3.63) is 18.7 Å². The van der Waals surface area contributed by atoms with Crippen LogP contribution < -0.4 is 11.1 Å². The maximum Gasteiger partial charge on any atom is 0.233 e. The molecule has 1 fully saturated rings. The fourth-order valence-electron chi connectivity index (χ4n) is 2.73. The summed E-state index contributed by atoms with van der Waals surface area (Å²) >= 11 is 0. The van der Waals surface area contributed by atoms with E-state index in [1.54, 1.807) is 12.5 Å². The van der Waals surface area contributed by atoms with Crippen LogP contribution in [-0.2, 0) is 11.3 Å². The van der Waals surface area contributed by atoms with Gasteiger partial charge in [0.25, 0.3) is 0 Å². The first-order valence-electron chi connectivity index (χ1n) is 6.91. The number of aryl methyl sites for hydroxylation is 1. The molecule has 1 heterocycles. The summed E-state index contributed by atoms with van der Waals surface area (Å²) in [6.07, 6.45) is 9.33. The van der Waals surface area contributed by atoms with Gasteiger partial charge in [-0.25, -0.2) is 4.98 Å². The quantitative estimate of drug-likeness (QED) is 0.234. The van der Waals surface area contributed by atoms with E-state index >= 15 is 0 Å². The second-order valence-electron chi connectivity index (χ2n) is 5.18. The third-order valence-corrected chi connectivity index (χ3v) is 3.93. The highest BCUT2D eigenvalue weighted by molar-refractivity contribution is 6.07. The van der Waals surface area contributed by atoms with Gasteiger partial charge < -0.3 is 20.8 Å². The Kier molecular flexibility index (Phi) is 4.60. The van der Waals surface area contributed by atoms with Crippen LogP contribution in [0.2, 0.25) is 0 Å². The number of nitrogens with two attached hydrogens (primary N) is 1. The third kappa shape index (κ3) is 2.92. The van der Waals surface area contributed by atoms with Crippen molar-refractivity contribution in [3.63, 3.8) is 0 Å². The zero-order chi connectivity index (χ0) is 14.4. The summed E-state index contributed by atoms with van der Waals surface area (Å²) in [5, 5.41) is 14.8. The van der Waals surface area contributed by atoms with Crippen molar-refractivity contribution in [2.45, 2.75) is 38.6 Å². The Morgan fingerprint density at radius 3 is 2.85 bits per heavy atom. The van der Waals surface area contributed by atoms with Gasteiger partial charge in [-0.1, -0.05) is 18.0 Å². The molecular weight excluding hydrogens is 258 g/mol. The van der Waals surface area contributed by atoms with Crippen molar-refractivity contribution in [3.8, 4) is 0 Å². The van der Waals surface area contributed by atoms with Gasteiger partial charge in [0.05, 0.1) is 6.33 Å². The van der Waals surface area contributed by atoms with Gasteiger partial charge in [-0.3, -0.25) is 4.79 Å². The molecule has 110 valence electrons. The lowest BCUT2D eigenvalue weighted by Crippen LogP contribution is -2.48. The molecule has 1 amide bonds. The molecule has 0 aliphatic heterocycles. The molecule has 0 saturated heterocycles. The highest BCUT2D eigenvalue weighted by Gasteiger charge is 2.45. The second kappa shape index (κ2) is 6.40. The molecular formula is C13H21N5O2. The van der Waals surface area contributed by atoms with Crippen molar-refractivity contribution in [2.75, 3.05) is 6.54 Å². The predicted octanol–water partition coefficient (Wildman–Crippen LogP) is 0.696. The molecule has 1 saturated carbocycles. The number of nitrogens with zero attached hydrogens (tertiary/aromatic N) is 3. The van der Waals surface area contributed by atoms with E-state index in [1.807, 2.05) is 10.8 Å². The Labute approximate surface area is 117 Å². The molecule has 7 nitrogen and oxygen atoms in total. The van der Waals surface area contributed by atoms with E-state index in [0.717, 1.165) is 25.8 Å². The molecule has 2 rings (SSSR count). The van der Waals surface area contributed by atoms with Crippen LogP contribution in [0.1, 0.15) is 32.1 Å². The number of hydrogen-bond donors (Lipinski definition) is 3. The zero-order valence-corrected chi connectivity index (χ0v) is 11.5. The van der Waals surface area contributed by atoms with Gasteiger partial charge in [-0.05, 0) is 19.3 Å². The number of rotatable bonds is 6. The highest BCUT2D eigenvalue weighted by atomic mass is 16.4. The number of imidazole rings is 1. The van der Waals surface area contributed by atoms with E-state index in [1.165, 1.54) is 0 Å². The number of carbonyl (C=O) groups excluding carboxylic acids is 1. The summed E-state index contributed by atoms with van der Waals surface area (Å²) in [4.78, 5) is 16.3. The molecule has 1 aliphatic carbocycles. The van der Waals surface area contributed by atoms with Gasteiger partial charge in [0.1, 0.15) is 5.41 Å². The van der Waals surface area contributed by atoms with Crippen molar-refractivity contribution in [1.29, 1.82) is 0 Å². The average molecular weight is 279 g/mol. The van der Waals surface area contributed by atoms with Crippen molar-refractivity contribution < 1.29 is 10.0 Å². The molecule has 0 radical (unpaired) electrons. The van der Waals surface area contributed by atoms with Gasteiger partial charge in [0.2, 0.25) is 5.91 Å². The van der Waals surface area contributed by atoms with Gasteiger partial charge in [0, 0.05) is 25.5 Å². The molecule has 20 heavy (non-hydrogen) atoms. The molecule has 7 heteroatoms. The molecule has 0 spiro atoms. The number of nitrogens with one attached hydrogen (secondary N) is 1. The molecule has 0 aromatic carbocycles. The van der Waals surface area contributed by atoms with E-state index in [0.29, 0.717) is 19.4 Å². The van der Waals surface area contributed by atoms with Gasteiger partial charge in [-0.15, -0.1) is 0 Å². The van der Waals surface area contributed by atoms with Crippen LogP contribution in [0.15, 0.2) is 23.9 Å². The number of amides is 1. The number of aromatic nitrogens is 2. The SMILES string of the molecule is NC(=NO)C1(C(=O)NCCCn2ccnc2)CCCC1. The van der Waals surface area contributed by atoms with Crippen LogP contribution in [0.3, 0.4) is 0 Å². The lowest BCUT2D eigenvalue weighted by molar-refractivity contribution is -0.127. The fraction of sp³-hybridized carbons (Fsp3) is 0.615. The van der Waals surface area contributed by atoms with E-state index in [-0.39, 0.29) is 11.7 Å². The van der Waals surface area contributed by atoms with E-state index in [9.17, 15) is 4.79 Å². The fourth-order valence-corrected chi connectivity index (χ4v) is 2.73. The standard InChI is InChI=1S/C13H21N5O2/c14-11(17-20)13(4-1-2-5-13)12(19)16-6-3-8-18-9-7-15-10-18/h7,9-10,20H,1-6,8H2,(H2,14,17)(H,16,19). The number of hydrogen-bond acceptors (Lipinski definition) is 4. The molecule has 1 aliphatic rings. The Morgan fingerprint density at radius 2 is 2.25 bits per heavy atom. The topological polar surface area (TPSA) is 106 Å². The summed E-state index contributed by atoms with van der Waals surface area (Å²) in [5.74, 6) is -0.0990. The molecule has 1 aromatic rings. The third-order valence-electron chi connectivity index (χ3n) is 3.93. The largest absolute Gasteiger partial charge is 0.409 e. The molecule has 1 aromatic heterocycles. The Hall–Kier alpha value is -2.05. The Morgan fingerprint density at radius 1 is 1.50 bits per heavy atom. The number of amidine groups is 1. The van der Waals surface area contributed by atoms with Crippen LogP contribution in [0.5, 0.6) is 0 Å². The summed E-state index contributed by atoms with van der Waals surface area (Å²) < 4.78 is 1.96. The smallest absolute Gasteiger partial charge is 0.233 e. The maximum atomic E-state index is 12.3. The monoisotopic (exact) mass is 279 g/mol. The normalized spacial score (nSPS) is 18.1. The molecule has 4 N–H and O–H groups in total. The van der Waals surface area contributed by atoms with Crippen molar-refractivity contribution >= 4 is 11.7 Å². The van der Waals surface area contributed by atoms with Gasteiger partial charge in [0.15, 0.2) is 5.84 Å². The van der Waals surface area contributed by atoms with Gasteiger partial charge >= 0.3 is 0 Å². The predicted molar refractivity (Wildman–Crippen MR) is 74.2 cm³/mol. The first-order chi connectivity index (χ1) is 9.69. The minimum absolute atomic E-state index is 0.0297. The van der Waals surface area contributed by atoms with Crippen LogP contribution in [0.4, 0.5) is 0 Å². The average Bonchev–Trinajstić information content (AvgIpc) is 3.14. The zero-order valence-electron chi connectivity index (χ0n) is 11.5. The van der Waals surface area contributed by atoms with Crippen molar-refractivity contribution in [1.82, 2.24) is 14.9 Å². The van der Waals surface area contributed by atoms with Crippen LogP contribution in [0.25, 0.3) is 0 Å². The minimum Gasteiger partial charge on any atom is -0.409 e. The van der Waals surface area contributed by atoms with E-state index in [4.69, 9.17) is 10.9 Å². The second-order valence-corrected chi connectivity index (χ2v) is 5.18. The minimum atomic E-state index is -0.816. The summed E-state index contributed by atoms with van der Waals surface area (Å²) in [6, 6.07) is 0. The molecule has 0 atom stereocenters. The molecule has 0 bridgehead atoms. The van der Waals surface area contributed by atoms with Crippen molar-refractivity contribution in [2.24, 2.45) is 16.3 Å². The van der Waals surface area contributed by atoms with Crippen LogP contribution in [-0.4, -0.2) is 33.0 Å². The lowest BCUT2D eigenvalue weighted by Gasteiger charge is -2.25. The van der Waals surface area contributed by atoms with E-state index < -0.39 is 5.41 Å². The van der Waals surface area contributed by atoms with E-state index in [2.05, 4.69) is 15.5 Å². The highest BCUT2D eigenvalue weighted by Crippen LogP contribution is 2.38.